The summed E-state index contributed by atoms with van der Waals surface area (Å²) >= 11 is 0. The van der Waals surface area contributed by atoms with Crippen LogP contribution in [0.2, 0.25) is 0 Å². The smallest absolute Gasteiger partial charge is 0.221 e. The van der Waals surface area contributed by atoms with E-state index in [1.54, 1.807) is 0 Å². The van der Waals surface area contributed by atoms with Crippen molar-refractivity contribution in [2.75, 3.05) is 52.9 Å². The van der Waals surface area contributed by atoms with Gasteiger partial charge in [0.05, 0.1) is 0 Å². The zero-order chi connectivity index (χ0) is 15.3. The second-order valence-corrected chi connectivity index (χ2v) is 6.80. The molecule has 0 radical (unpaired) electrons. The summed E-state index contributed by atoms with van der Waals surface area (Å²) in [5, 5.41) is 12.7. The molecule has 2 saturated heterocycles. The first kappa shape index (κ1) is 16.7. The van der Waals surface area contributed by atoms with Crippen molar-refractivity contribution in [1.82, 2.24) is 15.1 Å². The molecule has 2 aliphatic heterocycles. The van der Waals surface area contributed by atoms with Gasteiger partial charge in [0.2, 0.25) is 5.91 Å². The van der Waals surface area contributed by atoms with Gasteiger partial charge in [-0.05, 0) is 58.3 Å². The number of nitrogens with zero attached hydrogens (tertiary/aromatic N) is 2. The van der Waals surface area contributed by atoms with E-state index in [9.17, 15) is 9.90 Å². The Balaban J connectivity index is 1.85. The zero-order valence-corrected chi connectivity index (χ0v) is 13.6. The van der Waals surface area contributed by atoms with Crippen molar-refractivity contribution in [3.8, 4) is 0 Å². The van der Waals surface area contributed by atoms with Crippen LogP contribution in [-0.2, 0) is 4.79 Å². The lowest BCUT2D eigenvalue weighted by atomic mass is 9.64. The summed E-state index contributed by atoms with van der Waals surface area (Å²) in [6.07, 6.45) is 4.15. The molecule has 1 spiro atoms. The van der Waals surface area contributed by atoms with Crippen LogP contribution in [0, 0.1) is 11.3 Å². The van der Waals surface area contributed by atoms with Crippen molar-refractivity contribution in [3.05, 3.63) is 0 Å². The minimum Gasteiger partial charge on any atom is -0.396 e. The molecule has 5 heteroatoms. The van der Waals surface area contributed by atoms with Crippen LogP contribution in [0.25, 0.3) is 0 Å². The molecule has 21 heavy (non-hydrogen) atoms. The lowest BCUT2D eigenvalue weighted by Crippen LogP contribution is -2.53. The molecule has 0 aromatic rings. The Bertz CT molecular complexity index is 340. The first-order chi connectivity index (χ1) is 10.1. The van der Waals surface area contributed by atoms with E-state index in [4.69, 9.17) is 0 Å². The van der Waals surface area contributed by atoms with Crippen LogP contribution < -0.4 is 5.32 Å². The quantitative estimate of drug-likeness (QED) is 0.778. The highest BCUT2D eigenvalue weighted by Gasteiger charge is 2.43. The third kappa shape index (κ3) is 4.18. The first-order valence-electron chi connectivity index (χ1n) is 8.38. The van der Waals surface area contributed by atoms with Crippen molar-refractivity contribution in [1.29, 1.82) is 0 Å². The molecule has 1 atom stereocenters. The second kappa shape index (κ2) is 7.56. The van der Waals surface area contributed by atoms with Gasteiger partial charge in [0.25, 0.3) is 0 Å². The molecule has 122 valence electrons. The highest BCUT2D eigenvalue weighted by molar-refractivity contribution is 5.75. The Labute approximate surface area is 128 Å². The van der Waals surface area contributed by atoms with Crippen molar-refractivity contribution in [2.45, 2.75) is 32.6 Å². The molecule has 2 rings (SSSR count). The largest absolute Gasteiger partial charge is 0.396 e. The molecule has 0 unspecified atom stereocenters. The maximum absolute atomic E-state index is 11.6. The molecular weight excluding hydrogens is 266 g/mol. The van der Waals surface area contributed by atoms with E-state index in [-0.39, 0.29) is 12.5 Å². The highest BCUT2D eigenvalue weighted by Crippen LogP contribution is 2.44. The SMILES string of the molecule is CCNC(=O)CCN1CCC2(CCN(C)CC2)[C@H](CO)C1. The van der Waals surface area contributed by atoms with Gasteiger partial charge in [-0.3, -0.25) is 4.79 Å². The predicted octanol–water partition coefficient (Wildman–Crippen LogP) is 0.539. The number of carbonyl (C=O) groups excluding carboxylic acids is 1. The summed E-state index contributed by atoms with van der Waals surface area (Å²) in [5.41, 5.74) is 0.337. The van der Waals surface area contributed by atoms with E-state index in [0.717, 1.165) is 32.7 Å². The standard InChI is InChI=1S/C16H31N3O2/c1-3-17-15(21)4-8-19-11-7-16(14(12-19)13-20)5-9-18(2)10-6-16/h14,20H,3-13H2,1-2H3,(H,17,21)/t14-/m0/s1. The Morgan fingerprint density at radius 1 is 1.29 bits per heavy atom. The monoisotopic (exact) mass is 297 g/mol. The summed E-state index contributed by atoms with van der Waals surface area (Å²) in [4.78, 5) is 16.3. The van der Waals surface area contributed by atoms with Crippen molar-refractivity contribution in [3.63, 3.8) is 0 Å². The Morgan fingerprint density at radius 3 is 2.57 bits per heavy atom. The van der Waals surface area contributed by atoms with E-state index < -0.39 is 0 Å². The lowest BCUT2D eigenvalue weighted by Gasteiger charge is -2.51. The van der Waals surface area contributed by atoms with Gasteiger partial charge >= 0.3 is 0 Å². The zero-order valence-electron chi connectivity index (χ0n) is 13.6. The molecule has 0 aromatic carbocycles. The third-order valence-corrected chi connectivity index (χ3v) is 5.50. The minimum absolute atomic E-state index is 0.137. The van der Waals surface area contributed by atoms with Gasteiger partial charge in [0.1, 0.15) is 0 Å². The van der Waals surface area contributed by atoms with Crippen LogP contribution in [-0.4, -0.2) is 73.7 Å². The minimum atomic E-state index is 0.137. The normalized spacial score (nSPS) is 26.9. The number of likely N-dealkylation sites (tertiary alicyclic amines) is 2. The van der Waals surface area contributed by atoms with Crippen LogP contribution in [0.15, 0.2) is 0 Å². The van der Waals surface area contributed by atoms with Crippen LogP contribution in [0.3, 0.4) is 0 Å². The summed E-state index contributed by atoms with van der Waals surface area (Å²) in [7, 11) is 2.18. The molecule has 0 aromatic heterocycles. The average molecular weight is 297 g/mol. The topological polar surface area (TPSA) is 55.8 Å². The maximum atomic E-state index is 11.6. The highest BCUT2D eigenvalue weighted by atomic mass is 16.3. The number of hydrogen-bond acceptors (Lipinski definition) is 4. The van der Waals surface area contributed by atoms with Gasteiger partial charge < -0.3 is 20.2 Å². The molecular formula is C16H31N3O2. The van der Waals surface area contributed by atoms with Crippen molar-refractivity contribution in [2.24, 2.45) is 11.3 Å². The number of rotatable bonds is 5. The number of amides is 1. The van der Waals surface area contributed by atoms with E-state index in [1.807, 2.05) is 6.92 Å². The fraction of sp³-hybridized carbons (Fsp3) is 0.938. The molecule has 0 saturated carbocycles. The van der Waals surface area contributed by atoms with Crippen LogP contribution in [0.4, 0.5) is 0 Å². The average Bonchev–Trinajstić information content (AvgIpc) is 2.49. The lowest BCUT2D eigenvalue weighted by molar-refractivity contribution is -0.121. The summed E-state index contributed by atoms with van der Waals surface area (Å²) in [6.45, 7) is 8.06. The van der Waals surface area contributed by atoms with Gasteiger partial charge in [-0.2, -0.15) is 0 Å². The van der Waals surface area contributed by atoms with E-state index in [2.05, 4.69) is 22.2 Å². The molecule has 1 amide bonds. The molecule has 2 heterocycles. The molecule has 2 fully saturated rings. The Hall–Kier alpha value is -0.650. The first-order valence-corrected chi connectivity index (χ1v) is 8.38. The predicted molar refractivity (Wildman–Crippen MR) is 84.1 cm³/mol. The van der Waals surface area contributed by atoms with Gasteiger partial charge in [0.15, 0.2) is 0 Å². The van der Waals surface area contributed by atoms with E-state index >= 15 is 0 Å². The number of aliphatic hydroxyl groups is 1. The summed E-state index contributed by atoms with van der Waals surface area (Å²) < 4.78 is 0. The molecule has 0 aliphatic carbocycles. The third-order valence-electron chi connectivity index (χ3n) is 5.50. The summed E-state index contributed by atoms with van der Waals surface area (Å²) in [6, 6.07) is 0. The van der Waals surface area contributed by atoms with Crippen molar-refractivity contribution < 1.29 is 9.90 Å². The number of piperidine rings is 2. The van der Waals surface area contributed by atoms with Crippen LogP contribution in [0.1, 0.15) is 32.6 Å². The molecule has 0 bridgehead atoms. The van der Waals surface area contributed by atoms with Gasteiger partial charge in [0, 0.05) is 38.6 Å². The van der Waals surface area contributed by atoms with E-state index in [1.165, 1.54) is 19.3 Å². The number of carbonyl (C=O) groups is 1. The maximum Gasteiger partial charge on any atom is 0.221 e. The van der Waals surface area contributed by atoms with Crippen LogP contribution in [0.5, 0.6) is 0 Å². The van der Waals surface area contributed by atoms with Gasteiger partial charge in [-0.15, -0.1) is 0 Å². The number of nitrogens with one attached hydrogen (secondary N) is 1. The molecule has 2 aliphatic rings. The van der Waals surface area contributed by atoms with Crippen LogP contribution >= 0.6 is 0 Å². The Morgan fingerprint density at radius 2 is 1.95 bits per heavy atom. The van der Waals surface area contributed by atoms with Crippen molar-refractivity contribution >= 4 is 5.91 Å². The van der Waals surface area contributed by atoms with Gasteiger partial charge in [-0.25, -0.2) is 0 Å². The Kier molecular flexibility index (Phi) is 6.02. The summed E-state index contributed by atoms with van der Waals surface area (Å²) in [5.74, 6) is 0.506. The number of aliphatic hydroxyl groups excluding tert-OH is 1. The second-order valence-electron chi connectivity index (χ2n) is 6.80. The van der Waals surface area contributed by atoms with Gasteiger partial charge in [-0.1, -0.05) is 0 Å². The molecule has 5 nitrogen and oxygen atoms in total. The number of hydrogen-bond donors (Lipinski definition) is 2. The fourth-order valence-electron chi connectivity index (χ4n) is 3.90. The van der Waals surface area contributed by atoms with E-state index in [0.29, 0.717) is 24.3 Å². The fourth-order valence-corrected chi connectivity index (χ4v) is 3.90. The molecule has 2 N–H and O–H groups in total.